The number of nitrogens with one attached hydrogen (secondary N) is 1. The van der Waals surface area contributed by atoms with E-state index in [2.05, 4.69) is 11.4 Å². The lowest BCUT2D eigenvalue weighted by Gasteiger charge is -2.18. The average molecular weight is 186 g/mol. The summed E-state index contributed by atoms with van der Waals surface area (Å²) in [5.74, 6) is 0. The minimum atomic E-state index is -0.345. The van der Waals surface area contributed by atoms with Gasteiger partial charge < -0.3 is 15.5 Å². The van der Waals surface area contributed by atoms with Crippen molar-refractivity contribution in [1.29, 1.82) is 5.26 Å². The Bertz CT molecular complexity index is 171. The first-order valence-corrected chi connectivity index (χ1v) is 4.42. The van der Waals surface area contributed by atoms with Crippen molar-refractivity contribution in [3.63, 3.8) is 0 Å². The van der Waals surface area contributed by atoms with Crippen LogP contribution < -0.4 is 5.32 Å². The van der Waals surface area contributed by atoms with E-state index < -0.39 is 0 Å². The molecular formula is C9H18N2O2. The van der Waals surface area contributed by atoms with Crippen LogP contribution in [0.2, 0.25) is 0 Å². The highest BCUT2D eigenvalue weighted by Gasteiger charge is 2.16. The molecule has 4 nitrogen and oxygen atoms in total. The van der Waals surface area contributed by atoms with E-state index in [4.69, 9.17) is 15.5 Å². The first-order valence-electron chi connectivity index (χ1n) is 4.42. The molecule has 0 aromatic heterocycles. The third kappa shape index (κ3) is 5.58. The minimum Gasteiger partial charge on any atom is -0.395 e. The summed E-state index contributed by atoms with van der Waals surface area (Å²) in [6, 6.07) is 1.92. The highest BCUT2D eigenvalue weighted by atomic mass is 16.3. The topological polar surface area (TPSA) is 76.3 Å². The highest BCUT2D eigenvalue weighted by molar-refractivity contribution is 4.91. The Hall–Kier alpha value is -0.630. The van der Waals surface area contributed by atoms with Gasteiger partial charge in [0.05, 0.1) is 30.7 Å². The average Bonchev–Trinajstić information content (AvgIpc) is 2.12. The van der Waals surface area contributed by atoms with Crippen molar-refractivity contribution in [3.8, 4) is 6.07 Å². The van der Waals surface area contributed by atoms with Crippen molar-refractivity contribution in [2.24, 2.45) is 5.41 Å². The van der Waals surface area contributed by atoms with Crippen LogP contribution in [0.15, 0.2) is 0 Å². The maximum Gasteiger partial charge on any atom is 0.0684 e. The Labute approximate surface area is 79.2 Å². The Morgan fingerprint density at radius 1 is 1.38 bits per heavy atom. The molecule has 0 atom stereocenters. The van der Waals surface area contributed by atoms with Crippen LogP contribution in [0.5, 0.6) is 0 Å². The molecule has 13 heavy (non-hydrogen) atoms. The van der Waals surface area contributed by atoms with E-state index in [-0.39, 0.29) is 24.7 Å². The lowest BCUT2D eigenvalue weighted by molar-refractivity contribution is 0.169. The third-order valence-corrected chi connectivity index (χ3v) is 1.93. The third-order valence-electron chi connectivity index (χ3n) is 1.93. The summed E-state index contributed by atoms with van der Waals surface area (Å²) >= 11 is 0. The predicted molar refractivity (Wildman–Crippen MR) is 50.0 cm³/mol. The molecular weight excluding hydrogens is 168 g/mol. The van der Waals surface area contributed by atoms with Crippen LogP contribution in [0.3, 0.4) is 0 Å². The zero-order chi connectivity index (χ0) is 10.3. The summed E-state index contributed by atoms with van der Waals surface area (Å²) in [6.07, 6.45) is 0.708. The maximum atomic E-state index is 8.73. The van der Waals surface area contributed by atoms with Gasteiger partial charge in [0.2, 0.25) is 0 Å². The molecule has 0 aromatic rings. The second-order valence-electron chi connectivity index (χ2n) is 3.76. The summed E-state index contributed by atoms with van der Waals surface area (Å²) in [4.78, 5) is 0. The van der Waals surface area contributed by atoms with Gasteiger partial charge in [-0.25, -0.2) is 0 Å². The van der Waals surface area contributed by atoms with E-state index >= 15 is 0 Å². The van der Waals surface area contributed by atoms with Crippen LogP contribution in [0, 0.1) is 16.7 Å². The number of aliphatic hydroxyl groups excluding tert-OH is 2. The van der Waals surface area contributed by atoms with E-state index in [0.29, 0.717) is 13.0 Å². The number of hydrogen-bond acceptors (Lipinski definition) is 4. The van der Waals surface area contributed by atoms with Gasteiger partial charge in [0.15, 0.2) is 0 Å². The Morgan fingerprint density at radius 2 is 1.92 bits per heavy atom. The molecule has 0 aromatic carbocycles. The van der Waals surface area contributed by atoms with Gasteiger partial charge in [-0.1, -0.05) is 0 Å². The second-order valence-corrected chi connectivity index (χ2v) is 3.76. The number of nitrogens with zero attached hydrogens (tertiary/aromatic N) is 1. The lowest BCUT2D eigenvalue weighted by atomic mass is 9.91. The molecule has 0 spiro atoms. The first kappa shape index (κ1) is 12.4. The molecule has 0 aliphatic carbocycles. The molecule has 76 valence electrons. The molecule has 0 aliphatic heterocycles. The molecule has 3 N–H and O–H groups in total. The molecule has 0 heterocycles. The zero-order valence-electron chi connectivity index (χ0n) is 8.25. The first-order chi connectivity index (χ1) is 6.05. The fourth-order valence-electron chi connectivity index (χ4n) is 0.832. The van der Waals surface area contributed by atoms with Gasteiger partial charge in [0.25, 0.3) is 0 Å². The maximum absolute atomic E-state index is 8.73. The SMILES string of the molecule is CC(C)(C#N)CCNC(CO)CO. The molecule has 0 saturated heterocycles. The van der Waals surface area contributed by atoms with Crippen LogP contribution in [0.25, 0.3) is 0 Å². The molecule has 0 radical (unpaired) electrons. The lowest BCUT2D eigenvalue weighted by Crippen LogP contribution is -2.37. The zero-order valence-corrected chi connectivity index (χ0v) is 8.25. The second kappa shape index (κ2) is 5.92. The molecule has 0 rings (SSSR count). The summed E-state index contributed by atoms with van der Waals surface area (Å²) in [5, 5.41) is 29.1. The van der Waals surface area contributed by atoms with Crippen molar-refractivity contribution in [1.82, 2.24) is 5.32 Å². The van der Waals surface area contributed by atoms with E-state index in [1.807, 2.05) is 13.8 Å². The van der Waals surface area contributed by atoms with Gasteiger partial charge in [-0.05, 0) is 26.8 Å². The molecule has 0 unspecified atom stereocenters. The minimum absolute atomic E-state index is 0.0799. The summed E-state index contributed by atoms with van der Waals surface area (Å²) < 4.78 is 0. The monoisotopic (exact) mass is 186 g/mol. The standard InChI is InChI=1S/C9H18N2O2/c1-9(2,7-10)3-4-11-8(5-12)6-13/h8,11-13H,3-6H2,1-2H3. The Balaban J connectivity index is 3.62. The highest BCUT2D eigenvalue weighted by Crippen LogP contribution is 2.17. The van der Waals surface area contributed by atoms with Gasteiger partial charge in [-0.3, -0.25) is 0 Å². The smallest absolute Gasteiger partial charge is 0.0684 e. The molecule has 0 aliphatic rings. The van der Waals surface area contributed by atoms with Crippen molar-refractivity contribution < 1.29 is 10.2 Å². The van der Waals surface area contributed by atoms with E-state index in [1.165, 1.54) is 0 Å². The number of rotatable bonds is 6. The largest absolute Gasteiger partial charge is 0.395 e. The molecule has 0 fully saturated rings. The number of aliphatic hydroxyl groups is 2. The van der Waals surface area contributed by atoms with Crippen molar-refractivity contribution in [2.75, 3.05) is 19.8 Å². The fourth-order valence-corrected chi connectivity index (χ4v) is 0.832. The van der Waals surface area contributed by atoms with Crippen LogP contribution in [-0.4, -0.2) is 36.0 Å². The quantitative estimate of drug-likeness (QED) is 0.540. The number of hydrogen-bond donors (Lipinski definition) is 3. The Kier molecular flexibility index (Phi) is 5.63. The van der Waals surface area contributed by atoms with Gasteiger partial charge >= 0.3 is 0 Å². The van der Waals surface area contributed by atoms with E-state index in [1.54, 1.807) is 0 Å². The van der Waals surface area contributed by atoms with Gasteiger partial charge in [0.1, 0.15) is 0 Å². The van der Waals surface area contributed by atoms with Crippen molar-refractivity contribution >= 4 is 0 Å². The predicted octanol–water partition coefficient (Wildman–Crippen LogP) is -0.131. The molecule has 0 amide bonds. The number of nitriles is 1. The van der Waals surface area contributed by atoms with Crippen LogP contribution in [0.1, 0.15) is 20.3 Å². The molecule has 0 bridgehead atoms. The van der Waals surface area contributed by atoms with Crippen LogP contribution in [-0.2, 0) is 0 Å². The molecule has 0 saturated carbocycles. The van der Waals surface area contributed by atoms with Gasteiger partial charge in [-0.2, -0.15) is 5.26 Å². The summed E-state index contributed by atoms with van der Waals surface area (Å²) in [5.41, 5.74) is -0.345. The van der Waals surface area contributed by atoms with Crippen molar-refractivity contribution in [3.05, 3.63) is 0 Å². The summed E-state index contributed by atoms with van der Waals surface area (Å²) in [7, 11) is 0. The normalized spacial score (nSPS) is 11.7. The Morgan fingerprint density at radius 3 is 2.31 bits per heavy atom. The van der Waals surface area contributed by atoms with Gasteiger partial charge in [-0.15, -0.1) is 0 Å². The van der Waals surface area contributed by atoms with E-state index in [9.17, 15) is 0 Å². The summed E-state index contributed by atoms with van der Waals surface area (Å²) in [6.45, 7) is 4.20. The fraction of sp³-hybridized carbons (Fsp3) is 0.889. The van der Waals surface area contributed by atoms with E-state index in [0.717, 1.165) is 0 Å². The van der Waals surface area contributed by atoms with Crippen LogP contribution in [0.4, 0.5) is 0 Å². The van der Waals surface area contributed by atoms with Gasteiger partial charge in [0, 0.05) is 0 Å². The van der Waals surface area contributed by atoms with Crippen molar-refractivity contribution in [2.45, 2.75) is 26.3 Å². The molecule has 4 heteroatoms. The van der Waals surface area contributed by atoms with Crippen LogP contribution >= 0.6 is 0 Å².